The Hall–Kier alpha value is -1.75. The van der Waals surface area contributed by atoms with Crippen molar-refractivity contribution in [1.82, 2.24) is 15.5 Å². The molecule has 3 fully saturated rings. The summed E-state index contributed by atoms with van der Waals surface area (Å²) in [5, 5.41) is 6.12. The Morgan fingerprint density at radius 2 is 1.84 bits per heavy atom. The lowest BCUT2D eigenvalue weighted by Gasteiger charge is -2.32. The summed E-state index contributed by atoms with van der Waals surface area (Å²) in [4.78, 5) is 14.8. The summed E-state index contributed by atoms with van der Waals surface area (Å²) in [6.45, 7) is 3.54. The number of nitrogens with one attached hydrogen (secondary N) is 2. The summed E-state index contributed by atoms with van der Waals surface area (Å²) in [6.07, 6.45) is 7.41. The predicted octanol–water partition coefficient (Wildman–Crippen LogP) is 2.90. The molecule has 5 nitrogen and oxygen atoms in total. The van der Waals surface area contributed by atoms with Crippen LogP contribution in [0.1, 0.15) is 44.1 Å². The molecule has 2 aliphatic carbocycles. The SMILES string of the molecule is O=C(NCc1ccccc1OCC1CC1)NC1CCN(C2CC2)CC1. The molecule has 2 N–H and O–H groups in total. The van der Waals surface area contributed by atoms with Gasteiger partial charge >= 0.3 is 6.03 Å². The van der Waals surface area contributed by atoms with Crippen LogP contribution < -0.4 is 15.4 Å². The molecule has 1 aliphatic heterocycles. The van der Waals surface area contributed by atoms with Crippen molar-refractivity contribution >= 4 is 6.03 Å². The van der Waals surface area contributed by atoms with Crippen molar-refractivity contribution < 1.29 is 9.53 Å². The Kier molecular flexibility index (Phi) is 5.11. The highest BCUT2D eigenvalue weighted by Gasteiger charge is 2.32. The van der Waals surface area contributed by atoms with Crippen LogP contribution in [-0.4, -0.2) is 42.7 Å². The normalized spacial score (nSPS) is 21.8. The molecule has 1 aromatic rings. The average molecular weight is 343 g/mol. The van der Waals surface area contributed by atoms with E-state index in [1.165, 1.54) is 25.7 Å². The largest absolute Gasteiger partial charge is 0.493 e. The van der Waals surface area contributed by atoms with E-state index in [9.17, 15) is 4.79 Å². The fraction of sp³-hybridized carbons (Fsp3) is 0.650. The second-order valence-corrected chi connectivity index (χ2v) is 7.73. The zero-order chi connectivity index (χ0) is 17.1. The number of carbonyl (C=O) groups is 1. The first-order valence-corrected chi connectivity index (χ1v) is 9.77. The zero-order valence-corrected chi connectivity index (χ0v) is 14.9. The lowest BCUT2D eigenvalue weighted by molar-refractivity contribution is 0.186. The Balaban J connectivity index is 1.20. The third-order valence-corrected chi connectivity index (χ3v) is 5.51. The first kappa shape index (κ1) is 16.7. The minimum Gasteiger partial charge on any atom is -0.493 e. The first-order chi connectivity index (χ1) is 12.3. The van der Waals surface area contributed by atoms with Gasteiger partial charge in [-0.2, -0.15) is 0 Å². The smallest absolute Gasteiger partial charge is 0.315 e. The second-order valence-electron chi connectivity index (χ2n) is 7.73. The van der Waals surface area contributed by atoms with Crippen molar-refractivity contribution in [2.75, 3.05) is 19.7 Å². The zero-order valence-electron chi connectivity index (χ0n) is 14.9. The molecule has 1 saturated heterocycles. The standard InChI is InChI=1S/C20H29N3O2/c24-20(22-17-9-11-23(12-10-17)18-7-8-18)21-13-16-3-1-2-4-19(16)25-14-15-5-6-15/h1-4,15,17-18H,5-14H2,(H2,21,22,24). The van der Waals surface area contributed by atoms with Crippen LogP contribution in [0.3, 0.4) is 0 Å². The van der Waals surface area contributed by atoms with E-state index < -0.39 is 0 Å². The van der Waals surface area contributed by atoms with Crippen LogP contribution in [0, 0.1) is 5.92 Å². The van der Waals surface area contributed by atoms with Gasteiger partial charge in [0.1, 0.15) is 5.75 Å². The number of piperidine rings is 1. The fourth-order valence-electron chi connectivity index (χ4n) is 3.54. The Morgan fingerprint density at radius 3 is 2.56 bits per heavy atom. The molecule has 1 heterocycles. The van der Waals surface area contributed by atoms with Crippen LogP contribution in [0.4, 0.5) is 4.79 Å². The van der Waals surface area contributed by atoms with Crippen molar-refractivity contribution in [3.05, 3.63) is 29.8 Å². The number of amides is 2. The third-order valence-electron chi connectivity index (χ3n) is 5.51. The highest BCUT2D eigenvalue weighted by molar-refractivity contribution is 5.74. The molecule has 136 valence electrons. The van der Waals surface area contributed by atoms with Gasteiger partial charge in [-0.15, -0.1) is 0 Å². The van der Waals surface area contributed by atoms with Gasteiger partial charge in [-0.1, -0.05) is 18.2 Å². The van der Waals surface area contributed by atoms with Crippen molar-refractivity contribution in [2.45, 2.75) is 57.2 Å². The van der Waals surface area contributed by atoms with Gasteiger partial charge in [0, 0.05) is 37.3 Å². The van der Waals surface area contributed by atoms with Gasteiger partial charge in [-0.25, -0.2) is 4.79 Å². The van der Waals surface area contributed by atoms with E-state index in [0.29, 0.717) is 12.6 Å². The van der Waals surface area contributed by atoms with Gasteiger partial charge < -0.3 is 20.3 Å². The topological polar surface area (TPSA) is 53.6 Å². The van der Waals surface area contributed by atoms with Crippen LogP contribution in [0.2, 0.25) is 0 Å². The minimum atomic E-state index is -0.0677. The number of rotatable bonds is 7. The van der Waals surface area contributed by atoms with Crippen molar-refractivity contribution in [3.63, 3.8) is 0 Å². The number of ether oxygens (including phenoxy) is 1. The van der Waals surface area contributed by atoms with E-state index in [1.807, 2.05) is 24.3 Å². The number of nitrogens with zero attached hydrogens (tertiary/aromatic N) is 1. The summed E-state index contributed by atoms with van der Waals surface area (Å²) in [5.41, 5.74) is 1.04. The lowest BCUT2D eigenvalue weighted by atomic mass is 10.1. The summed E-state index contributed by atoms with van der Waals surface area (Å²) in [7, 11) is 0. The fourth-order valence-corrected chi connectivity index (χ4v) is 3.54. The number of carbonyl (C=O) groups excluding carboxylic acids is 1. The maximum Gasteiger partial charge on any atom is 0.315 e. The third kappa shape index (κ3) is 4.88. The molecule has 2 saturated carbocycles. The molecular weight excluding hydrogens is 314 g/mol. The summed E-state index contributed by atoms with van der Waals surface area (Å²) in [6, 6.07) is 9.06. The molecule has 0 atom stereocenters. The monoisotopic (exact) mass is 343 g/mol. The molecule has 1 aromatic carbocycles. The van der Waals surface area contributed by atoms with E-state index in [0.717, 1.165) is 55.8 Å². The molecule has 2 amide bonds. The highest BCUT2D eigenvalue weighted by atomic mass is 16.5. The summed E-state index contributed by atoms with van der Waals surface area (Å²) < 4.78 is 5.91. The van der Waals surface area contributed by atoms with E-state index in [2.05, 4.69) is 15.5 Å². The van der Waals surface area contributed by atoms with Gasteiger partial charge in [-0.3, -0.25) is 0 Å². The minimum absolute atomic E-state index is 0.0677. The molecule has 4 rings (SSSR count). The predicted molar refractivity (Wildman–Crippen MR) is 97.6 cm³/mol. The van der Waals surface area contributed by atoms with E-state index >= 15 is 0 Å². The Morgan fingerprint density at radius 1 is 1.08 bits per heavy atom. The quantitative estimate of drug-likeness (QED) is 0.800. The van der Waals surface area contributed by atoms with Crippen molar-refractivity contribution in [2.24, 2.45) is 5.92 Å². The van der Waals surface area contributed by atoms with Crippen LogP contribution >= 0.6 is 0 Å². The molecule has 0 radical (unpaired) electrons. The van der Waals surface area contributed by atoms with Crippen LogP contribution in [-0.2, 0) is 6.54 Å². The molecule has 0 bridgehead atoms. The van der Waals surface area contributed by atoms with Gasteiger partial charge in [0.2, 0.25) is 0 Å². The maximum absolute atomic E-state index is 12.2. The summed E-state index contributed by atoms with van der Waals surface area (Å²) in [5.74, 6) is 1.62. The van der Waals surface area contributed by atoms with Crippen molar-refractivity contribution in [3.8, 4) is 5.75 Å². The number of likely N-dealkylation sites (tertiary alicyclic amines) is 1. The second kappa shape index (κ2) is 7.65. The van der Waals surface area contributed by atoms with Crippen LogP contribution in [0.15, 0.2) is 24.3 Å². The average Bonchev–Trinajstić information content (AvgIpc) is 3.53. The maximum atomic E-state index is 12.2. The molecule has 0 unspecified atom stereocenters. The number of urea groups is 1. The van der Waals surface area contributed by atoms with E-state index in [-0.39, 0.29) is 6.03 Å². The molecule has 0 aromatic heterocycles. The number of hydrogen-bond acceptors (Lipinski definition) is 3. The summed E-state index contributed by atoms with van der Waals surface area (Å²) >= 11 is 0. The molecule has 25 heavy (non-hydrogen) atoms. The van der Waals surface area contributed by atoms with Gasteiger partial charge in [0.25, 0.3) is 0 Å². The van der Waals surface area contributed by atoms with Gasteiger partial charge in [-0.05, 0) is 50.5 Å². The number of para-hydroxylation sites is 1. The van der Waals surface area contributed by atoms with E-state index in [4.69, 9.17) is 4.74 Å². The number of hydrogen-bond donors (Lipinski definition) is 2. The molecule has 0 spiro atoms. The number of benzene rings is 1. The Labute approximate surface area is 150 Å². The molecule has 5 heteroatoms. The first-order valence-electron chi connectivity index (χ1n) is 9.77. The lowest BCUT2D eigenvalue weighted by Crippen LogP contribution is -2.48. The van der Waals surface area contributed by atoms with E-state index in [1.54, 1.807) is 0 Å². The van der Waals surface area contributed by atoms with Crippen molar-refractivity contribution in [1.29, 1.82) is 0 Å². The van der Waals surface area contributed by atoms with Gasteiger partial charge in [0.05, 0.1) is 6.61 Å². The molecular formula is C20H29N3O2. The van der Waals surface area contributed by atoms with Crippen LogP contribution in [0.5, 0.6) is 5.75 Å². The highest BCUT2D eigenvalue weighted by Crippen LogP contribution is 2.30. The van der Waals surface area contributed by atoms with Gasteiger partial charge in [0.15, 0.2) is 0 Å². The van der Waals surface area contributed by atoms with Crippen LogP contribution in [0.25, 0.3) is 0 Å². The Bertz CT molecular complexity index is 590. The molecule has 3 aliphatic rings.